The van der Waals surface area contributed by atoms with Crippen molar-refractivity contribution < 1.29 is 9.15 Å². The smallest absolute Gasteiger partial charge is 0.187 e. The third-order valence-electron chi connectivity index (χ3n) is 2.88. The molecule has 0 aliphatic rings. The summed E-state index contributed by atoms with van der Waals surface area (Å²) >= 11 is 11.2. The van der Waals surface area contributed by atoms with Gasteiger partial charge in [0.2, 0.25) is 0 Å². The van der Waals surface area contributed by atoms with Crippen molar-refractivity contribution in [3.63, 3.8) is 0 Å². The van der Waals surface area contributed by atoms with E-state index in [2.05, 4.69) is 15.8 Å². The zero-order valence-electron chi connectivity index (χ0n) is 12.2. The van der Waals surface area contributed by atoms with Crippen molar-refractivity contribution in [2.75, 3.05) is 7.11 Å². The number of nitrogens with one attached hydrogen (secondary N) is 2. The number of hydrogen-bond donors (Lipinski definition) is 2. The number of hydrazone groups is 1. The van der Waals surface area contributed by atoms with Crippen LogP contribution in [0.1, 0.15) is 18.2 Å². The van der Waals surface area contributed by atoms with E-state index in [1.165, 1.54) is 0 Å². The van der Waals surface area contributed by atoms with Gasteiger partial charge in [-0.1, -0.05) is 11.6 Å². The van der Waals surface area contributed by atoms with Gasteiger partial charge in [0.05, 0.1) is 25.6 Å². The van der Waals surface area contributed by atoms with E-state index >= 15 is 0 Å². The second-order valence-corrected chi connectivity index (χ2v) is 5.26. The summed E-state index contributed by atoms with van der Waals surface area (Å²) in [4.78, 5) is 0. The Morgan fingerprint density at radius 3 is 2.91 bits per heavy atom. The molecule has 5 nitrogen and oxygen atoms in total. The van der Waals surface area contributed by atoms with E-state index in [1.807, 2.05) is 19.1 Å². The Morgan fingerprint density at radius 1 is 1.41 bits per heavy atom. The lowest BCUT2D eigenvalue weighted by molar-refractivity contribution is 0.414. The lowest BCUT2D eigenvalue weighted by Crippen LogP contribution is -2.32. The molecule has 1 aromatic carbocycles. The molecule has 0 atom stereocenters. The van der Waals surface area contributed by atoms with Crippen LogP contribution in [0.25, 0.3) is 0 Å². The predicted octanol–water partition coefficient (Wildman–Crippen LogP) is 3.33. The zero-order chi connectivity index (χ0) is 15.9. The van der Waals surface area contributed by atoms with Gasteiger partial charge in [-0.25, -0.2) is 0 Å². The summed E-state index contributed by atoms with van der Waals surface area (Å²) in [7, 11) is 1.60. The summed E-state index contributed by atoms with van der Waals surface area (Å²) in [6, 6.07) is 9.03. The van der Waals surface area contributed by atoms with E-state index in [-0.39, 0.29) is 0 Å². The van der Waals surface area contributed by atoms with Crippen molar-refractivity contribution in [3.05, 3.63) is 52.9 Å². The number of hydrogen-bond acceptors (Lipinski definition) is 4. The largest absolute Gasteiger partial charge is 0.496 e. The highest BCUT2D eigenvalue weighted by Crippen LogP contribution is 2.23. The van der Waals surface area contributed by atoms with Crippen LogP contribution in [0.2, 0.25) is 5.02 Å². The molecule has 2 aromatic rings. The summed E-state index contributed by atoms with van der Waals surface area (Å²) < 4.78 is 10.5. The average molecular weight is 338 g/mol. The van der Waals surface area contributed by atoms with Crippen molar-refractivity contribution in [2.45, 2.75) is 13.5 Å². The van der Waals surface area contributed by atoms with Gasteiger partial charge < -0.3 is 14.5 Å². The Hall–Kier alpha value is -2.05. The molecule has 0 fully saturated rings. The van der Waals surface area contributed by atoms with Crippen molar-refractivity contribution in [1.82, 2.24) is 10.7 Å². The third kappa shape index (κ3) is 4.47. The first-order valence-electron chi connectivity index (χ1n) is 6.54. The Labute approximate surface area is 139 Å². The topological polar surface area (TPSA) is 58.8 Å². The van der Waals surface area contributed by atoms with Crippen molar-refractivity contribution in [1.29, 1.82) is 0 Å². The monoisotopic (exact) mass is 337 g/mol. The molecule has 22 heavy (non-hydrogen) atoms. The highest BCUT2D eigenvalue weighted by atomic mass is 35.5. The molecule has 0 unspecified atom stereocenters. The maximum atomic E-state index is 6.01. The van der Waals surface area contributed by atoms with Gasteiger partial charge in [-0.2, -0.15) is 5.10 Å². The number of furan rings is 1. The van der Waals surface area contributed by atoms with Crippen molar-refractivity contribution in [2.24, 2.45) is 5.10 Å². The van der Waals surface area contributed by atoms with E-state index in [0.29, 0.717) is 28.1 Å². The number of nitrogens with zero attached hydrogens (tertiary/aromatic N) is 1. The van der Waals surface area contributed by atoms with Crippen LogP contribution in [0, 0.1) is 0 Å². The molecule has 0 spiro atoms. The van der Waals surface area contributed by atoms with Crippen LogP contribution in [0.5, 0.6) is 5.75 Å². The third-order valence-corrected chi connectivity index (χ3v) is 3.35. The Morgan fingerprint density at radius 2 is 2.23 bits per heavy atom. The second kappa shape index (κ2) is 7.82. The van der Waals surface area contributed by atoms with Crippen LogP contribution < -0.4 is 15.5 Å². The molecule has 1 heterocycles. The summed E-state index contributed by atoms with van der Waals surface area (Å²) in [5.74, 6) is 1.49. The van der Waals surface area contributed by atoms with Gasteiger partial charge in [-0.15, -0.1) is 0 Å². The molecule has 1 aromatic heterocycles. The van der Waals surface area contributed by atoms with E-state index in [9.17, 15) is 0 Å². The molecule has 0 amide bonds. The first-order valence-corrected chi connectivity index (χ1v) is 7.33. The first-order chi connectivity index (χ1) is 10.6. The number of methoxy groups -OCH3 is 1. The van der Waals surface area contributed by atoms with Crippen LogP contribution in [0.3, 0.4) is 0 Å². The summed E-state index contributed by atoms with van der Waals surface area (Å²) in [6.07, 6.45) is 1.61. The van der Waals surface area contributed by atoms with E-state index in [0.717, 1.165) is 11.3 Å². The summed E-state index contributed by atoms with van der Waals surface area (Å²) in [5.41, 5.74) is 4.29. The van der Waals surface area contributed by atoms with Gasteiger partial charge in [-0.3, -0.25) is 5.43 Å². The summed E-state index contributed by atoms with van der Waals surface area (Å²) in [5, 5.41) is 8.25. The molecule has 2 N–H and O–H groups in total. The van der Waals surface area contributed by atoms with Crippen LogP contribution >= 0.6 is 23.8 Å². The van der Waals surface area contributed by atoms with Gasteiger partial charge >= 0.3 is 0 Å². The molecule has 0 saturated heterocycles. The second-order valence-electron chi connectivity index (χ2n) is 4.42. The Balaban J connectivity index is 1.97. The first kappa shape index (κ1) is 16.3. The van der Waals surface area contributed by atoms with Gasteiger partial charge in [-0.05, 0) is 49.5 Å². The fourth-order valence-electron chi connectivity index (χ4n) is 1.78. The highest BCUT2D eigenvalue weighted by Gasteiger charge is 2.07. The molecule has 116 valence electrons. The van der Waals surface area contributed by atoms with Gasteiger partial charge in [0.1, 0.15) is 11.5 Å². The van der Waals surface area contributed by atoms with Gasteiger partial charge in [0.25, 0.3) is 0 Å². The minimum Gasteiger partial charge on any atom is -0.496 e. The molecule has 0 aliphatic heterocycles. The van der Waals surface area contributed by atoms with Gasteiger partial charge in [0, 0.05) is 10.6 Å². The average Bonchev–Trinajstić information content (AvgIpc) is 3.04. The number of thiocarbonyl (C=S) groups is 1. The maximum absolute atomic E-state index is 6.01. The molecule has 0 radical (unpaired) electrons. The maximum Gasteiger partial charge on any atom is 0.187 e. The fraction of sp³-hybridized carbons (Fsp3) is 0.200. The van der Waals surface area contributed by atoms with Gasteiger partial charge in [0.15, 0.2) is 5.11 Å². The molecular weight excluding hydrogens is 322 g/mol. The standard InChI is InChI=1S/C15H16ClN3O2S/c1-10(13-8-11(16)5-6-14(13)20-2)18-19-15(22)17-9-12-4-3-7-21-12/h3-8H,9H2,1-2H3,(H2,17,19,22)/b18-10-. The fourth-order valence-corrected chi connectivity index (χ4v) is 2.07. The van der Waals surface area contributed by atoms with Crippen molar-refractivity contribution >= 4 is 34.6 Å². The molecule has 0 aliphatic carbocycles. The number of benzene rings is 1. The quantitative estimate of drug-likeness (QED) is 0.498. The normalized spacial score (nSPS) is 11.1. The molecular formula is C15H16ClN3O2S. The number of halogens is 1. The zero-order valence-corrected chi connectivity index (χ0v) is 13.8. The van der Waals surface area contributed by atoms with Crippen LogP contribution in [0.15, 0.2) is 46.1 Å². The van der Waals surface area contributed by atoms with Crippen LogP contribution in [0.4, 0.5) is 0 Å². The van der Waals surface area contributed by atoms with Crippen LogP contribution in [-0.2, 0) is 6.54 Å². The lowest BCUT2D eigenvalue weighted by atomic mass is 10.1. The van der Waals surface area contributed by atoms with Crippen LogP contribution in [-0.4, -0.2) is 17.9 Å². The van der Waals surface area contributed by atoms with Crippen molar-refractivity contribution in [3.8, 4) is 5.75 Å². The molecule has 7 heteroatoms. The number of ether oxygens (including phenoxy) is 1. The SMILES string of the molecule is COc1ccc(Cl)cc1/C(C)=N\NC(=S)NCc1ccco1. The van der Waals surface area contributed by atoms with E-state index < -0.39 is 0 Å². The highest BCUT2D eigenvalue weighted by molar-refractivity contribution is 7.80. The predicted molar refractivity (Wildman–Crippen MR) is 91.5 cm³/mol. The molecule has 0 bridgehead atoms. The summed E-state index contributed by atoms with van der Waals surface area (Å²) in [6.45, 7) is 2.34. The van der Waals surface area contributed by atoms with E-state index in [4.69, 9.17) is 33.0 Å². The Bertz CT molecular complexity index is 671. The number of rotatable bonds is 5. The minimum atomic E-state index is 0.400. The minimum absolute atomic E-state index is 0.400. The molecule has 2 rings (SSSR count). The Kier molecular flexibility index (Phi) is 5.80. The molecule has 0 saturated carbocycles. The van der Waals surface area contributed by atoms with E-state index in [1.54, 1.807) is 31.6 Å². The lowest BCUT2D eigenvalue weighted by Gasteiger charge is -2.10.